The topological polar surface area (TPSA) is 187 Å². The number of ketones is 1. The Labute approximate surface area is 316 Å². The molecule has 0 radical (unpaired) electrons. The number of rotatable bonds is 18. The third-order valence-corrected chi connectivity index (χ3v) is 13.1. The van der Waals surface area contributed by atoms with Crippen LogP contribution in [0.1, 0.15) is 60.2 Å². The van der Waals surface area contributed by atoms with Gasteiger partial charge in [-0.05, 0) is 65.4 Å². The maximum atomic E-state index is 13.6. The van der Waals surface area contributed by atoms with Crippen molar-refractivity contribution in [3.63, 3.8) is 0 Å². The molecule has 0 aromatic heterocycles. The summed E-state index contributed by atoms with van der Waals surface area (Å²) in [5.74, 6) is -2.29. The molecule has 1 heterocycles. The van der Waals surface area contributed by atoms with E-state index >= 15 is 0 Å². The Balaban J connectivity index is 1.56. The summed E-state index contributed by atoms with van der Waals surface area (Å²) in [5.41, 5.74) is 2.21. The Hall–Kier alpha value is -4.41. The third-order valence-electron chi connectivity index (χ3n) is 8.22. The summed E-state index contributed by atoms with van der Waals surface area (Å²) < 4.78 is 18.5. The summed E-state index contributed by atoms with van der Waals surface area (Å²) in [7, 11) is 0. The van der Waals surface area contributed by atoms with Gasteiger partial charge in [-0.25, -0.2) is 4.79 Å². The average molecular weight is 790 g/mol. The highest BCUT2D eigenvalue weighted by molar-refractivity contribution is 8.65. The molecule has 4 rings (SSSR count). The van der Waals surface area contributed by atoms with Gasteiger partial charge < -0.3 is 23.9 Å². The number of ether oxygens (including phenoxy) is 3. The second-order valence-corrected chi connectivity index (χ2v) is 19.0. The molecule has 0 spiro atoms. The molecule has 15 nitrogen and oxygen atoms in total. The van der Waals surface area contributed by atoms with Crippen LogP contribution in [0.5, 0.6) is 11.5 Å². The summed E-state index contributed by atoms with van der Waals surface area (Å²) in [6.07, 6.45) is -1.67. The number of carbonyl (C=O) groups excluding carboxylic acids is 3. The van der Waals surface area contributed by atoms with Crippen LogP contribution in [0.2, 0.25) is 0 Å². The fourth-order valence-corrected chi connectivity index (χ4v) is 8.85. The van der Waals surface area contributed by atoms with E-state index in [-0.39, 0.29) is 29.3 Å². The lowest BCUT2D eigenvalue weighted by atomic mass is 9.91. The highest BCUT2D eigenvalue weighted by Gasteiger charge is 2.27. The second-order valence-electron chi connectivity index (χ2n) is 12.7. The fourth-order valence-electron chi connectivity index (χ4n) is 5.49. The molecule has 3 aromatic carbocycles. The molecule has 0 amide bonds. The summed E-state index contributed by atoms with van der Waals surface area (Å²) in [5, 5.41) is 17.5. The largest absolute Gasteiger partial charge is 0.426 e. The Kier molecular flexibility index (Phi) is 14.9. The molecular weight excluding hydrogens is 750 g/mol. The SMILES string of the molecule is CC(C)Cc1ccc(C(C)C(=O)Cc2ccc(OC(=O)CC(CO[N+](=O)[O-])O[N+](=O)[O-])c(C(=O)Oc3ccc(P(=S)(S)N4CCOCC4)cc3)c2)cc1. The number of carbonyl (C=O) groups is 3. The second kappa shape index (κ2) is 19.1. The molecule has 1 aliphatic heterocycles. The molecule has 0 N–H and O–H groups in total. The highest BCUT2D eigenvalue weighted by atomic mass is 32.9. The number of hydrogen-bond donors (Lipinski definition) is 1. The predicted octanol–water partition coefficient (Wildman–Crippen LogP) is 5.30. The lowest BCUT2D eigenvalue weighted by Gasteiger charge is -2.34. The standard InChI is InChI=1S/C35H40N3O12PS2/c1-23(2)18-25-4-7-27(8-5-25)24(3)32(39)20-26-6-13-33(49-34(40)21-29(50-38(44)45)22-47-37(42)43)31(19-26)35(41)48-28-9-11-30(12-10-28)51(52,53)36-14-16-46-17-15-36/h4-13,19,23-24,29H,14-18,20-22H2,1-3H3,(H,52,53). The van der Waals surface area contributed by atoms with Crippen LogP contribution in [0.4, 0.5) is 0 Å². The molecule has 18 heteroatoms. The van der Waals surface area contributed by atoms with Gasteiger partial charge in [0.1, 0.15) is 35.6 Å². The maximum Gasteiger partial charge on any atom is 0.347 e. The van der Waals surface area contributed by atoms with Crippen LogP contribution in [0, 0.1) is 26.1 Å². The van der Waals surface area contributed by atoms with Crippen molar-refractivity contribution >= 4 is 52.5 Å². The lowest BCUT2D eigenvalue weighted by molar-refractivity contribution is -0.789. The minimum Gasteiger partial charge on any atom is -0.426 e. The van der Waals surface area contributed by atoms with Gasteiger partial charge in [-0.3, -0.25) is 14.3 Å². The Morgan fingerprint density at radius 3 is 2.17 bits per heavy atom. The number of hydrogen-bond acceptors (Lipinski definition) is 13. The van der Waals surface area contributed by atoms with Gasteiger partial charge >= 0.3 is 11.9 Å². The molecule has 1 aliphatic rings. The molecule has 1 fully saturated rings. The molecule has 0 bridgehead atoms. The van der Waals surface area contributed by atoms with E-state index < -0.39 is 52.6 Å². The van der Waals surface area contributed by atoms with Gasteiger partial charge in [0.25, 0.3) is 10.2 Å². The first-order valence-corrected chi connectivity index (χ1v) is 20.6. The van der Waals surface area contributed by atoms with Gasteiger partial charge in [-0.2, -0.15) is 0 Å². The van der Waals surface area contributed by atoms with Crippen molar-refractivity contribution in [3.05, 3.63) is 109 Å². The van der Waals surface area contributed by atoms with Crippen molar-refractivity contribution < 1.29 is 48.4 Å². The summed E-state index contributed by atoms with van der Waals surface area (Å²) >= 11 is 10.7. The Bertz CT molecular complexity index is 1840. The maximum absolute atomic E-state index is 13.6. The highest BCUT2D eigenvalue weighted by Crippen LogP contribution is 2.53. The predicted molar refractivity (Wildman–Crippen MR) is 200 cm³/mol. The Morgan fingerprint density at radius 2 is 1.57 bits per heavy atom. The summed E-state index contributed by atoms with van der Waals surface area (Å²) in [6.45, 7) is 7.50. The smallest absolute Gasteiger partial charge is 0.347 e. The molecule has 3 unspecified atom stereocenters. The van der Waals surface area contributed by atoms with E-state index in [4.69, 9.17) is 38.3 Å². The van der Waals surface area contributed by atoms with Gasteiger partial charge in [0.15, 0.2) is 0 Å². The van der Waals surface area contributed by atoms with Crippen molar-refractivity contribution in [2.75, 3.05) is 32.9 Å². The molecule has 0 saturated carbocycles. The van der Waals surface area contributed by atoms with Crippen LogP contribution in [-0.4, -0.2) is 71.6 Å². The van der Waals surface area contributed by atoms with Crippen LogP contribution < -0.4 is 14.8 Å². The van der Waals surface area contributed by atoms with E-state index in [0.717, 1.165) is 17.3 Å². The summed E-state index contributed by atoms with van der Waals surface area (Å²) in [4.78, 5) is 69.8. The molecule has 3 atom stereocenters. The van der Waals surface area contributed by atoms with Crippen molar-refractivity contribution in [2.24, 2.45) is 5.92 Å². The van der Waals surface area contributed by atoms with Crippen molar-refractivity contribution in [1.82, 2.24) is 4.67 Å². The number of esters is 2. The molecule has 0 aliphatic carbocycles. The molecule has 1 saturated heterocycles. The van der Waals surface area contributed by atoms with Crippen molar-refractivity contribution in [2.45, 2.75) is 52.1 Å². The fraction of sp³-hybridized carbons (Fsp3) is 0.400. The zero-order chi connectivity index (χ0) is 38.7. The van der Waals surface area contributed by atoms with Crippen LogP contribution in [-0.2, 0) is 48.6 Å². The normalized spacial score (nSPS) is 15.4. The molecule has 53 heavy (non-hydrogen) atoms. The molecule has 3 aromatic rings. The molecule has 284 valence electrons. The van der Waals surface area contributed by atoms with E-state index in [1.807, 2.05) is 24.3 Å². The van der Waals surface area contributed by atoms with Crippen LogP contribution in [0.25, 0.3) is 0 Å². The van der Waals surface area contributed by atoms with E-state index in [9.17, 15) is 34.6 Å². The van der Waals surface area contributed by atoms with Gasteiger partial charge in [0.2, 0.25) is 0 Å². The van der Waals surface area contributed by atoms with E-state index in [2.05, 4.69) is 28.2 Å². The van der Waals surface area contributed by atoms with E-state index in [0.29, 0.717) is 37.8 Å². The Morgan fingerprint density at radius 1 is 0.925 bits per heavy atom. The van der Waals surface area contributed by atoms with E-state index in [1.165, 1.54) is 23.8 Å². The van der Waals surface area contributed by atoms with Crippen LogP contribution in [0.3, 0.4) is 0 Å². The van der Waals surface area contributed by atoms with E-state index in [1.54, 1.807) is 31.2 Å². The lowest BCUT2D eigenvalue weighted by Crippen LogP contribution is -2.35. The monoisotopic (exact) mass is 789 g/mol. The number of morpholine rings is 1. The number of nitrogens with zero attached hydrogens (tertiary/aromatic N) is 3. The third kappa shape index (κ3) is 12.3. The minimum absolute atomic E-state index is 0.0663. The van der Waals surface area contributed by atoms with Crippen molar-refractivity contribution in [3.8, 4) is 11.5 Å². The number of benzene rings is 3. The first kappa shape index (κ1) is 41.3. The first-order chi connectivity index (χ1) is 25.1. The van der Waals surface area contributed by atoms with Gasteiger partial charge in [0, 0.05) is 30.7 Å². The minimum atomic E-state index is -2.39. The van der Waals surface area contributed by atoms with Gasteiger partial charge in [-0.15, -0.1) is 32.5 Å². The zero-order valence-corrected chi connectivity index (χ0v) is 31.9. The quantitative estimate of drug-likeness (QED) is 0.0437. The van der Waals surface area contributed by atoms with Gasteiger partial charge in [-0.1, -0.05) is 62.9 Å². The summed E-state index contributed by atoms with van der Waals surface area (Å²) in [6, 6.07) is 18.6. The van der Waals surface area contributed by atoms with Crippen LogP contribution in [0.15, 0.2) is 66.7 Å². The van der Waals surface area contributed by atoms with Gasteiger partial charge in [0.05, 0.1) is 25.0 Å². The number of thiol groups is 1. The first-order valence-electron chi connectivity index (χ1n) is 16.6. The zero-order valence-electron chi connectivity index (χ0n) is 29.3. The average Bonchev–Trinajstić information content (AvgIpc) is 3.11. The molecular formula is C35H40N3O12PS2. The van der Waals surface area contributed by atoms with Crippen LogP contribution >= 0.6 is 17.6 Å². The number of Topliss-reactive ketones (excluding diaryl/α,β-unsaturated/α-hetero) is 1. The van der Waals surface area contributed by atoms with Crippen molar-refractivity contribution in [1.29, 1.82) is 0 Å².